The second kappa shape index (κ2) is 5.66. The smallest absolute Gasteiger partial charge is 0.248 e. The highest BCUT2D eigenvalue weighted by Crippen LogP contribution is 2.40. The molecular formula is C19H28N2O2. The van der Waals surface area contributed by atoms with E-state index in [0.717, 1.165) is 22.4 Å². The monoisotopic (exact) mass is 316 g/mol. The first-order chi connectivity index (χ1) is 10.4. The van der Waals surface area contributed by atoms with Crippen LogP contribution in [0.2, 0.25) is 0 Å². The fourth-order valence-corrected chi connectivity index (χ4v) is 2.83. The van der Waals surface area contributed by atoms with Crippen molar-refractivity contribution < 1.29 is 9.90 Å². The van der Waals surface area contributed by atoms with Gasteiger partial charge >= 0.3 is 0 Å². The summed E-state index contributed by atoms with van der Waals surface area (Å²) in [6.07, 6.45) is 0.399. The molecule has 1 aromatic rings. The second-order valence-corrected chi connectivity index (χ2v) is 8.50. The number of phenols is 1. The van der Waals surface area contributed by atoms with Gasteiger partial charge < -0.3 is 5.11 Å². The third-order valence-corrected chi connectivity index (χ3v) is 4.10. The van der Waals surface area contributed by atoms with Crippen molar-refractivity contribution in [3.8, 4) is 5.75 Å². The van der Waals surface area contributed by atoms with Gasteiger partial charge in [0.1, 0.15) is 5.75 Å². The van der Waals surface area contributed by atoms with Crippen molar-refractivity contribution in [3.63, 3.8) is 0 Å². The van der Waals surface area contributed by atoms with Crippen LogP contribution in [0.15, 0.2) is 17.2 Å². The van der Waals surface area contributed by atoms with E-state index < -0.39 is 0 Å². The van der Waals surface area contributed by atoms with Crippen LogP contribution in [0.1, 0.15) is 71.6 Å². The lowest BCUT2D eigenvalue weighted by molar-refractivity contribution is -0.129. The molecule has 4 heteroatoms. The van der Waals surface area contributed by atoms with Crippen LogP contribution in [0, 0.1) is 0 Å². The lowest BCUT2D eigenvalue weighted by atomic mass is 9.78. The average molecular weight is 316 g/mol. The highest BCUT2D eigenvalue weighted by atomic mass is 16.3. The summed E-state index contributed by atoms with van der Waals surface area (Å²) in [5.74, 6) is 0.395. The van der Waals surface area contributed by atoms with Gasteiger partial charge in [0.05, 0.1) is 13.0 Å². The van der Waals surface area contributed by atoms with E-state index in [-0.39, 0.29) is 16.7 Å². The Labute approximate surface area is 139 Å². The predicted molar refractivity (Wildman–Crippen MR) is 93.8 cm³/mol. The van der Waals surface area contributed by atoms with Crippen LogP contribution in [0.3, 0.4) is 0 Å². The van der Waals surface area contributed by atoms with Crippen molar-refractivity contribution in [1.82, 2.24) is 5.01 Å². The molecule has 1 aromatic carbocycles. The van der Waals surface area contributed by atoms with E-state index in [4.69, 9.17) is 0 Å². The Kier molecular flexibility index (Phi) is 4.31. The number of hydrazone groups is 1. The van der Waals surface area contributed by atoms with Gasteiger partial charge in [-0.25, -0.2) is 5.01 Å². The molecule has 0 aromatic heterocycles. The molecule has 0 atom stereocenters. The minimum Gasteiger partial charge on any atom is -0.507 e. The number of hydrogen-bond donors (Lipinski definition) is 1. The molecule has 1 aliphatic rings. The molecule has 2 rings (SSSR count). The molecule has 0 fully saturated rings. The topological polar surface area (TPSA) is 52.9 Å². The van der Waals surface area contributed by atoms with Crippen LogP contribution in [-0.4, -0.2) is 21.7 Å². The summed E-state index contributed by atoms with van der Waals surface area (Å²) in [7, 11) is 0. The lowest BCUT2D eigenvalue weighted by Crippen LogP contribution is -2.22. The Bertz CT molecular complexity index is 626. The molecule has 0 saturated carbocycles. The Morgan fingerprint density at radius 1 is 1.09 bits per heavy atom. The zero-order valence-electron chi connectivity index (χ0n) is 15.3. The van der Waals surface area contributed by atoms with Gasteiger partial charge in [-0.2, -0.15) is 5.10 Å². The fraction of sp³-hybridized carbons (Fsp3) is 0.579. The normalized spacial score (nSPS) is 16.0. The summed E-state index contributed by atoms with van der Waals surface area (Å²) in [5.41, 5.74) is 3.33. The van der Waals surface area contributed by atoms with Crippen molar-refractivity contribution >= 4 is 11.6 Å². The Hall–Kier alpha value is -1.84. The number of phenolic OH excluding ortho intramolecular Hbond substituents is 1. The van der Waals surface area contributed by atoms with E-state index in [2.05, 4.69) is 46.6 Å². The van der Waals surface area contributed by atoms with Gasteiger partial charge in [0.2, 0.25) is 5.91 Å². The van der Waals surface area contributed by atoms with Crippen LogP contribution in [-0.2, 0) is 22.2 Å². The van der Waals surface area contributed by atoms with Crippen molar-refractivity contribution in [2.45, 2.75) is 72.3 Å². The lowest BCUT2D eigenvalue weighted by Gasteiger charge is -2.28. The maximum Gasteiger partial charge on any atom is 0.248 e. The molecule has 0 radical (unpaired) electrons. The van der Waals surface area contributed by atoms with Crippen molar-refractivity contribution in [3.05, 3.63) is 28.8 Å². The largest absolute Gasteiger partial charge is 0.507 e. The van der Waals surface area contributed by atoms with Gasteiger partial charge in [-0.1, -0.05) is 41.5 Å². The standard InChI is InChI=1S/C19H28N2O2/c1-12-8-16(22)21(20-12)11-13-9-14(18(2,3)4)17(23)15(10-13)19(5,6)7/h9-10,23H,8,11H2,1-7H3. The molecule has 0 aliphatic carbocycles. The highest BCUT2D eigenvalue weighted by Gasteiger charge is 2.28. The number of rotatable bonds is 2. The molecule has 1 aliphatic heterocycles. The van der Waals surface area contributed by atoms with Gasteiger partial charge in [0, 0.05) is 5.71 Å². The quantitative estimate of drug-likeness (QED) is 0.893. The summed E-state index contributed by atoms with van der Waals surface area (Å²) >= 11 is 0. The molecule has 0 unspecified atom stereocenters. The Balaban J connectivity index is 2.50. The number of aromatic hydroxyl groups is 1. The first-order valence-electron chi connectivity index (χ1n) is 8.11. The maximum atomic E-state index is 12.0. The van der Waals surface area contributed by atoms with E-state index >= 15 is 0 Å². The SMILES string of the molecule is CC1=NN(Cc2cc(C(C)(C)C)c(O)c(C(C)(C)C)c2)C(=O)C1. The van der Waals surface area contributed by atoms with Gasteiger partial charge in [0.25, 0.3) is 0 Å². The van der Waals surface area contributed by atoms with E-state index in [1.165, 1.54) is 5.01 Å². The first-order valence-corrected chi connectivity index (χ1v) is 8.11. The van der Waals surface area contributed by atoms with E-state index in [9.17, 15) is 9.90 Å². The summed E-state index contributed by atoms with van der Waals surface area (Å²) < 4.78 is 0. The minimum atomic E-state index is -0.172. The van der Waals surface area contributed by atoms with Crippen LogP contribution >= 0.6 is 0 Å². The zero-order valence-corrected chi connectivity index (χ0v) is 15.3. The summed E-state index contributed by atoms with van der Waals surface area (Å²) in [6, 6.07) is 4.00. The molecule has 1 heterocycles. The van der Waals surface area contributed by atoms with Crippen molar-refractivity contribution in [2.24, 2.45) is 5.10 Å². The predicted octanol–water partition coefficient (Wildman–Crippen LogP) is 4.10. The van der Waals surface area contributed by atoms with E-state index in [1.807, 2.05) is 19.1 Å². The van der Waals surface area contributed by atoms with E-state index in [0.29, 0.717) is 18.7 Å². The molecule has 4 nitrogen and oxygen atoms in total. The van der Waals surface area contributed by atoms with Gasteiger partial charge in [0.15, 0.2) is 0 Å². The van der Waals surface area contributed by atoms with Gasteiger partial charge in [-0.05, 0) is 46.6 Å². The van der Waals surface area contributed by atoms with Crippen molar-refractivity contribution in [1.29, 1.82) is 0 Å². The number of carbonyl (C=O) groups excluding carboxylic acids is 1. The summed E-state index contributed by atoms with van der Waals surface area (Å²) in [6.45, 7) is 14.8. The first kappa shape index (κ1) is 17.5. The van der Waals surface area contributed by atoms with Gasteiger partial charge in [-0.15, -0.1) is 0 Å². The van der Waals surface area contributed by atoms with Crippen LogP contribution < -0.4 is 0 Å². The van der Waals surface area contributed by atoms with Crippen LogP contribution in [0.4, 0.5) is 0 Å². The average Bonchev–Trinajstić information content (AvgIpc) is 2.67. The fourth-order valence-electron chi connectivity index (χ4n) is 2.83. The van der Waals surface area contributed by atoms with Gasteiger partial charge in [-0.3, -0.25) is 4.79 Å². The van der Waals surface area contributed by atoms with Crippen molar-refractivity contribution in [2.75, 3.05) is 0 Å². The van der Waals surface area contributed by atoms with Crippen LogP contribution in [0.25, 0.3) is 0 Å². The molecule has 1 amide bonds. The maximum absolute atomic E-state index is 12.0. The Morgan fingerprint density at radius 3 is 1.91 bits per heavy atom. The highest BCUT2D eigenvalue weighted by molar-refractivity contribution is 6.03. The zero-order chi connectivity index (χ0) is 17.6. The molecular weight excluding hydrogens is 288 g/mol. The third kappa shape index (κ3) is 3.74. The number of carbonyl (C=O) groups is 1. The summed E-state index contributed by atoms with van der Waals surface area (Å²) in [5, 5.41) is 16.6. The number of hydrogen-bond acceptors (Lipinski definition) is 3. The minimum absolute atomic E-state index is 0.0326. The molecule has 23 heavy (non-hydrogen) atoms. The second-order valence-electron chi connectivity index (χ2n) is 8.50. The molecule has 0 saturated heterocycles. The molecule has 126 valence electrons. The molecule has 0 bridgehead atoms. The molecule has 1 N–H and O–H groups in total. The summed E-state index contributed by atoms with van der Waals surface area (Å²) in [4.78, 5) is 12.0. The third-order valence-electron chi connectivity index (χ3n) is 4.10. The molecule has 0 spiro atoms. The number of amides is 1. The van der Waals surface area contributed by atoms with Crippen LogP contribution in [0.5, 0.6) is 5.75 Å². The Morgan fingerprint density at radius 2 is 1.57 bits per heavy atom. The number of benzene rings is 1. The number of nitrogens with zero attached hydrogens (tertiary/aromatic N) is 2. The van der Waals surface area contributed by atoms with E-state index in [1.54, 1.807) is 0 Å².